The van der Waals surface area contributed by atoms with Crippen LogP contribution in [0.4, 0.5) is 22.0 Å². The van der Waals surface area contributed by atoms with Gasteiger partial charge in [-0.2, -0.15) is 5.10 Å². The van der Waals surface area contributed by atoms with Crippen LogP contribution in [0, 0.1) is 18.6 Å². The third kappa shape index (κ3) is 5.85. The van der Waals surface area contributed by atoms with E-state index in [0.717, 1.165) is 16.8 Å². The monoisotopic (exact) mass is 620 g/mol. The van der Waals surface area contributed by atoms with E-state index in [2.05, 4.69) is 25.1 Å². The summed E-state index contributed by atoms with van der Waals surface area (Å²) in [7, 11) is 0. The van der Waals surface area contributed by atoms with Crippen molar-refractivity contribution in [2.45, 2.75) is 44.1 Å². The topological polar surface area (TPSA) is 120 Å². The highest BCUT2D eigenvalue weighted by Crippen LogP contribution is 2.40. The summed E-state index contributed by atoms with van der Waals surface area (Å²) in [6, 6.07) is 4.83. The van der Waals surface area contributed by atoms with Gasteiger partial charge in [0.2, 0.25) is 0 Å². The fourth-order valence-corrected chi connectivity index (χ4v) is 4.82. The minimum Gasteiger partial charge on any atom is -0.403 e. The number of benzene rings is 2. The van der Waals surface area contributed by atoms with Crippen molar-refractivity contribution in [3.05, 3.63) is 69.9 Å². The van der Waals surface area contributed by atoms with Crippen molar-refractivity contribution in [2.24, 2.45) is 0 Å². The Hall–Kier alpha value is -3.37. The molecule has 10 nitrogen and oxygen atoms in total. The van der Waals surface area contributed by atoms with Crippen LogP contribution in [-0.2, 0) is 4.74 Å². The van der Waals surface area contributed by atoms with Gasteiger partial charge in [0.05, 0.1) is 23.9 Å². The molecular formula is C24H19Cl2F5N6O4. The molecule has 3 heterocycles. The van der Waals surface area contributed by atoms with Crippen molar-refractivity contribution in [3.8, 4) is 22.7 Å². The zero-order chi connectivity index (χ0) is 29.6. The highest BCUT2D eigenvalue weighted by atomic mass is 35.5. The molecule has 1 saturated heterocycles. The molecule has 1 aliphatic rings. The average Bonchev–Trinajstić information content (AvgIpc) is 3.55. The first-order valence-corrected chi connectivity index (χ1v) is 12.6. The van der Waals surface area contributed by atoms with Crippen molar-refractivity contribution in [1.82, 2.24) is 29.8 Å². The second-order valence-corrected chi connectivity index (χ2v) is 9.88. The summed E-state index contributed by atoms with van der Waals surface area (Å²) in [4.78, 5) is 4.32. The number of halogens is 7. The number of rotatable bonds is 6. The molecule has 0 spiro atoms. The van der Waals surface area contributed by atoms with Crippen LogP contribution < -0.4 is 4.74 Å². The van der Waals surface area contributed by atoms with E-state index in [4.69, 9.17) is 27.9 Å². The van der Waals surface area contributed by atoms with Gasteiger partial charge in [0, 0.05) is 17.0 Å². The maximum absolute atomic E-state index is 14.5. The first kappa shape index (κ1) is 29.1. The average molecular weight is 621 g/mol. The Morgan fingerprint density at radius 2 is 1.90 bits per heavy atom. The van der Waals surface area contributed by atoms with Gasteiger partial charge in [0.15, 0.2) is 23.2 Å². The van der Waals surface area contributed by atoms with Gasteiger partial charge < -0.3 is 19.7 Å². The minimum atomic E-state index is -5.02. The Morgan fingerprint density at radius 1 is 1.15 bits per heavy atom. The number of aryl methyl sites for hydroxylation is 1. The predicted molar refractivity (Wildman–Crippen MR) is 133 cm³/mol. The molecular weight excluding hydrogens is 602 g/mol. The fourth-order valence-electron chi connectivity index (χ4n) is 4.51. The van der Waals surface area contributed by atoms with Gasteiger partial charge in [-0.3, -0.25) is 0 Å². The number of ether oxygens (including phenoxy) is 2. The molecule has 4 atom stereocenters. The van der Waals surface area contributed by atoms with Crippen LogP contribution in [0.5, 0.6) is 5.75 Å². The van der Waals surface area contributed by atoms with Crippen molar-refractivity contribution in [1.29, 1.82) is 0 Å². The van der Waals surface area contributed by atoms with Gasteiger partial charge in [-0.05, 0) is 37.3 Å². The van der Waals surface area contributed by atoms with Gasteiger partial charge in [-0.1, -0.05) is 28.4 Å². The molecule has 4 aromatic rings. The number of aromatic nitrogens is 6. The van der Waals surface area contributed by atoms with Crippen LogP contribution >= 0.6 is 23.2 Å². The number of hydrogen-bond acceptors (Lipinski definition) is 8. The van der Waals surface area contributed by atoms with E-state index in [-0.39, 0.29) is 40.0 Å². The van der Waals surface area contributed by atoms with Crippen molar-refractivity contribution < 1.29 is 41.6 Å². The first-order valence-electron chi connectivity index (χ1n) is 11.9. The van der Waals surface area contributed by atoms with Crippen molar-refractivity contribution in [3.63, 3.8) is 0 Å². The first-order chi connectivity index (χ1) is 19.4. The summed E-state index contributed by atoms with van der Waals surface area (Å²) in [5, 5.41) is 32.5. The maximum Gasteiger partial charge on any atom is 0.573 e. The summed E-state index contributed by atoms with van der Waals surface area (Å²) in [6.45, 7) is 0.844. The lowest BCUT2D eigenvalue weighted by Crippen LogP contribution is -2.45. The van der Waals surface area contributed by atoms with E-state index < -0.39 is 59.7 Å². The SMILES string of the molecule is Cc1nc(C2CC(n3cc(-c4ccc(Cl)c(F)c4F)nn3)C(O)C(CO)O2)n(-c2cc(Cl)ccc2OC(F)(F)F)n1. The van der Waals surface area contributed by atoms with E-state index in [1.165, 1.54) is 36.0 Å². The lowest BCUT2D eigenvalue weighted by molar-refractivity contribution is -0.274. The minimum absolute atomic E-state index is 0.0123. The molecule has 0 amide bonds. The Kier molecular flexibility index (Phi) is 7.91. The molecule has 2 aromatic heterocycles. The summed E-state index contributed by atoms with van der Waals surface area (Å²) in [5.41, 5.74) is -0.496. The molecule has 17 heteroatoms. The van der Waals surface area contributed by atoms with Gasteiger partial charge in [0.1, 0.15) is 35.5 Å². The van der Waals surface area contributed by atoms with Gasteiger partial charge >= 0.3 is 6.36 Å². The van der Waals surface area contributed by atoms with Crippen LogP contribution in [0.3, 0.4) is 0 Å². The Bertz CT molecular complexity index is 1580. The van der Waals surface area contributed by atoms with Gasteiger partial charge in [0.25, 0.3) is 0 Å². The highest BCUT2D eigenvalue weighted by Gasteiger charge is 2.42. The number of hydrogen-bond donors (Lipinski definition) is 2. The molecule has 2 N–H and O–H groups in total. The maximum atomic E-state index is 14.5. The quantitative estimate of drug-likeness (QED) is 0.234. The lowest BCUT2D eigenvalue weighted by atomic mass is 9.95. The molecule has 1 aliphatic heterocycles. The molecule has 0 bridgehead atoms. The van der Waals surface area contributed by atoms with E-state index in [1.54, 1.807) is 0 Å². The zero-order valence-electron chi connectivity index (χ0n) is 20.7. The summed E-state index contributed by atoms with van der Waals surface area (Å²) >= 11 is 11.7. The van der Waals surface area contributed by atoms with E-state index in [0.29, 0.717) is 0 Å². The summed E-state index contributed by atoms with van der Waals surface area (Å²) in [5.74, 6) is -2.95. The van der Waals surface area contributed by atoms with E-state index in [1.807, 2.05) is 0 Å². The van der Waals surface area contributed by atoms with Crippen molar-refractivity contribution >= 4 is 23.2 Å². The van der Waals surface area contributed by atoms with Crippen molar-refractivity contribution in [2.75, 3.05) is 6.61 Å². The van der Waals surface area contributed by atoms with Gasteiger partial charge in [-0.25, -0.2) is 23.1 Å². The Balaban J connectivity index is 1.53. The van der Waals surface area contributed by atoms with Crippen LogP contribution in [0.2, 0.25) is 10.0 Å². The Labute approximate surface area is 237 Å². The molecule has 2 aromatic carbocycles. The molecule has 0 radical (unpaired) electrons. The number of aliphatic hydroxyl groups is 2. The summed E-state index contributed by atoms with van der Waals surface area (Å²) in [6.07, 6.45) is -7.46. The molecule has 41 heavy (non-hydrogen) atoms. The molecule has 0 aliphatic carbocycles. The van der Waals surface area contributed by atoms with Crippen LogP contribution in [-0.4, -0.2) is 65.1 Å². The second-order valence-electron chi connectivity index (χ2n) is 9.03. The molecule has 1 fully saturated rings. The van der Waals surface area contributed by atoms with Crippen LogP contribution in [0.25, 0.3) is 16.9 Å². The largest absolute Gasteiger partial charge is 0.573 e. The molecule has 218 valence electrons. The van der Waals surface area contributed by atoms with Gasteiger partial charge in [-0.15, -0.1) is 18.3 Å². The highest BCUT2D eigenvalue weighted by molar-refractivity contribution is 6.31. The van der Waals surface area contributed by atoms with E-state index >= 15 is 0 Å². The fraction of sp³-hybridized carbons (Fsp3) is 0.333. The van der Waals surface area contributed by atoms with Crippen LogP contribution in [0.15, 0.2) is 36.5 Å². The second kappa shape index (κ2) is 11.1. The molecule has 5 rings (SSSR count). The lowest BCUT2D eigenvalue weighted by Gasteiger charge is -2.38. The smallest absolute Gasteiger partial charge is 0.403 e. The van der Waals surface area contributed by atoms with E-state index in [9.17, 15) is 32.2 Å². The zero-order valence-corrected chi connectivity index (χ0v) is 22.2. The predicted octanol–water partition coefficient (Wildman–Crippen LogP) is 4.74. The normalized spacial score (nSPS) is 21.3. The number of alkyl halides is 3. The summed E-state index contributed by atoms with van der Waals surface area (Å²) < 4.78 is 80.2. The van der Waals surface area contributed by atoms with Crippen LogP contribution in [0.1, 0.15) is 30.2 Å². The number of nitrogens with zero attached hydrogens (tertiary/aromatic N) is 6. The Morgan fingerprint density at radius 3 is 2.61 bits per heavy atom. The third-order valence-electron chi connectivity index (χ3n) is 6.31. The molecule has 4 unspecified atom stereocenters. The number of aliphatic hydroxyl groups excluding tert-OH is 2. The third-order valence-corrected chi connectivity index (χ3v) is 6.84. The molecule has 0 saturated carbocycles. The standard InChI is InChI=1S/C24H19Cl2F5N6O4/c1-10-32-23(37(34-10)15-6-11(25)2-5-17(15)41-24(29,30)31)18-7-16(22(39)19(9-38)40-18)36-8-14(33-35-36)12-3-4-13(26)21(28)20(12)27/h2-6,8,16,18-19,22,38-39H,7,9H2,1H3.